The Hall–Kier alpha value is -1.59. The van der Waals surface area contributed by atoms with Gasteiger partial charge in [-0.1, -0.05) is 0 Å². The summed E-state index contributed by atoms with van der Waals surface area (Å²) in [6.07, 6.45) is 0. The van der Waals surface area contributed by atoms with Crippen molar-refractivity contribution >= 4 is 5.78 Å². The van der Waals surface area contributed by atoms with Gasteiger partial charge < -0.3 is 19.5 Å². The van der Waals surface area contributed by atoms with Crippen LogP contribution in [0.4, 0.5) is 0 Å². The summed E-state index contributed by atoms with van der Waals surface area (Å²) in [5.74, 6) is 1.21. The molecule has 2 atom stereocenters. The number of carbonyl (C=O) groups excluding carboxylic acids is 1. The maximum Gasteiger partial charge on any atom is 0.170 e. The van der Waals surface area contributed by atoms with Crippen molar-refractivity contribution in [1.29, 1.82) is 0 Å². The van der Waals surface area contributed by atoms with E-state index in [1.807, 2.05) is 20.9 Å². The SMILES string of the molecule is CCOc1ccc(C(=O)C2COCC2NC)cc1OCC. The summed E-state index contributed by atoms with van der Waals surface area (Å²) in [4.78, 5) is 12.6. The highest BCUT2D eigenvalue weighted by Crippen LogP contribution is 2.30. The van der Waals surface area contributed by atoms with Gasteiger partial charge in [0.15, 0.2) is 17.3 Å². The third-order valence-corrected chi connectivity index (χ3v) is 3.62. The Balaban J connectivity index is 2.22. The van der Waals surface area contributed by atoms with Gasteiger partial charge in [-0.25, -0.2) is 0 Å². The van der Waals surface area contributed by atoms with Crippen LogP contribution < -0.4 is 14.8 Å². The van der Waals surface area contributed by atoms with Gasteiger partial charge in [-0.05, 0) is 39.1 Å². The van der Waals surface area contributed by atoms with Gasteiger partial charge in [0.05, 0.1) is 32.3 Å². The van der Waals surface area contributed by atoms with E-state index in [9.17, 15) is 4.79 Å². The summed E-state index contributed by atoms with van der Waals surface area (Å²) in [6, 6.07) is 5.42. The lowest BCUT2D eigenvalue weighted by molar-refractivity contribution is 0.0892. The van der Waals surface area contributed by atoms with E-state index in [0.717, 1.165) is 0 Å². The molecule has 5 nitrogen and oxygen atoms in total. The topological polar surface area (TPSA) is 56.8 Å². The normalized spacial score (nSPS) is 21.3. The van der Waals surface area contributed by atoms with Gasteiger partial charge in [-0.2, -0.15) is 0 Å². The third-order valence-electron chi connectivity index (χ3n) is 3.62. The van der Waals surface area contributed by atoms with Gasteiger partial charge in [0.2, 0.25) is 0 Å². The average molecular weight is 293 g/mol. The van der Waals surface area contributed by atoms with Crippen LogP contribution in [0.2, 0.25) is 0 Å². The molecule has 0 amide bonds. The van der Waals surface area contributed by atoms with Crippen LogP contribution in [0.1, 0.15) is 24.2 Å². The van der Waals surface area contributed by atoms with Crippen LogP contribution in [0, 0.1) is 5.92 Å². The minimum Gasteiger partial charge on any atom is -0.490 e. The average Bonchev–Trinajstić information content (AvgIpc) is 2.97. The highest BCUT2D eigenvalue weighted by atomic mass is 16.5. The highest BCUT2D eigenvalue weighted by molar-refractivity contribution is 5.99. The van der Waals surface area contributed by atoms with Crippen molar-refractivity contribution in [1.82, 2.24) is 5.32 Å². The monoisotopic (exact) mass is 293 g/mol. The molecular formula is C16H23NO4. The number of carbonyl (C=O) groups is 1. The minimum atomic E-state index is -0.151. The first-order valence-electron chi connectivity index (χ1n) is 7.40. The van der Waals surface area contributed by atoms with E-state index >= 15 is 0 Å². The zero-order chi connectivity index (χ0) is 15.2. The molecule has 0 aromatic heterocycles. The number of ether oxygens (including phenoxy) is 3. The number of hydrogen-bond donors (Lipinski definition) is 1. The number of benzene rings is 1. The summed E-state index contributed by atoms with van der Waals surface area (Å²) in [6.45, 7) is 5.95. The minimum absolute atomic E-state index is 0.0691. The fourth-order valence-electron chi connectivity index (χ4n) is 2.52. The smallest absolute Gasteiger partial charge is 0.170 e. The quantitative estimate of drug-likeness (QED) is 0.778. The first kappa shape index (κ1) is 15.8. The lowest BCUT2D eigenvalue weighted by atomic mass is 9.93. The summed E-state index contributed by atoms with van der Waals surface area (Å²) in [7, 11) is 1.85. The van der Waals surface area contributed by atoms with Gasteiger partial charge in [-0.15, -0.1) is 0 Å². The molecule has 0 aliphatic carbocycles. The predicted octanol–water partition coefficient (Wildman–Crippen LogP) is 1.90. The van der Waals surface area contributed by atoms with Crippen LogP contribution in [0.5, 0.6) is 11.5 Å². The van der Waals surface area contributed by atoms with Crippen LogP contribution in [0.3, 0.4) is 0 Å². The number of ketones is 1. The van der Waals surface area contributed by atoms with E-state index in [0.29, 0.717) is 43.5 Å². The van der Waals surface area contributed by atoms with Crippen LogP contribution in [0.25, 0.3) is 0 Å². The standard InChI is InChI=1S/C16H23NO4/c1-4-20-14-7-6-11(8-15(14)21-5-2)16(18)12-9-19-10-13(12)17-3/h6-8,12-13,17H,4-5,9-10H2,1-3H3. The van der Waals surface area contributed by atoms with Crippen LogP contribution in [0.15, 0.2) is 18.2 Å². The Morgan fingerprint density at radius 2 is 1.95 bits per heavy atom. The Bertz CT molecular complexity index is 489. The third kappa shape index (κ3) is 3.54. The molecule has 1 saturated heterocycles. The molecule has 1 aliphatic heterocycles. The Morgan fingerprint density at radius 1 is 1.24 bits per heavy atom. The first-order valence-corrected chi connectivity index (χ1v) is 7.40. The number of likely N-dealkylation sites (N-methyl/N-ethyl adjacent to an activating group) is 1. The molecule has 1 aromatic carbocycles. The number of nitrogens with one attached hydrogen (secondary N) is 1. The van der Waals surface area contributed by atoms with Gasteiger partial charge in [-0.3, -0.25) is 4.79 Å². The number of rotatable bonds is 7. The van der Waals surface area contributed by atoms with E-state index in [1.165, 1.54) is 0 Å². The zero-order valence-corrected chi connectivity index (χ0v) is 12.8. The molecule has 2 rings (SSSR count). The molecule has 0 spiro atoms. The van der Waals surface area contributed by atoms with Crippen LogP contribution in [-0.4, -0.2) is 45.3 Å². The Morgan fingerprint density at radius 3 is 2.62 bits per heavy atom. The molecule has 1 N–H and O–H groups in total. The molecule has 1 fully saturated rings. The lowest BCUT2D eigenvalue weighted by Crippen LogP contribution is -2.37. The summed E-state index contributed by atoms with van der Waals surface area (Å²) in [5.41, 5.74) is 0.637. The van der Waals surface area contributed by atoms with E-state index in [1.54, 1.807) is 18.2 Å². The number of Topliss-reactive ketones (excluding diaryl/α,β-unsaturated/α-hetero) is 1. The molecule has 1 aliphatic rings. The van der Waals surface area contributed by atoms with Crippen LogP contribution >= 0.6 is 0 Å². The summed E-state index contributed by atoms with van der Waals surface area (Å²) < 4.78 is 16.5. The molecule has 5 heteroatoms. The van der Waals surface area contributed by atoms with Crippen molar-refractivity contribution in [2.45, 2.75) is 19.9 Å². The first-order chi connectivity index (χ1) is 10.2. The maximum atomic E-state index is 12.6. The molecule has 0 saturated carbocycles. The largest absolute Gasteiger partial charge is 0.490 e. The number of hydrogen-bond acceptors (Lipinski definition) is 5. The molecular weight excluding hydrogens is 270 g/mol. The second-order valence-electron chi connectivity index (χ2n) is 4.93. The lowest BCUT2D eigenvalue weighted by Gasteiger charge is -2.17. The fraction of sp³-hybridized carbons (Fsp3) is 0.562. The van der Waals surface area contributed by atoms with E-state index in [2.05, 4.69) is 5.32 Å². The van der Waals surface area contributed by atoms with Crippen LogP contribution in [-0.2, 0) is 4.74 Å². The highest BCUT2D eigenvalue weighted by Gasteiger charge is 2.33. The van der Waals surface area contributed by atoms with Crippen molar-refractivity contribution in [2.24, 2.45) is 5.92 Å². The fourth-order valence-corrected chi connectivity index (χ4v) is 2.52. The molecule has 1 heterocycles. The second-order valence-corrected chi connectivity index (χ2v) is 4.93. The van der Waals surface area contributed by atoms with Crippen molar-refractivity contribution in [2.75, 3.05) is 33.5 Å². The summed E-state index contributed by atoms with van der Waals surface area (Å²) in [5, 5.41) is 3.13. The Labute approximate surface area is 125 Å². The molecule has 1 aromatic rings. The summed E-state index contributed by atoms with van der Waals surface area (Å²) >= 11 is 0. The molecule has 0 bridgehead atoms. The van der Waals surface area contributed by atoms with E-state index in [-0.39, 0.29) is 17.7 Å². The van der Waals surface area contributed by atoms with Gasteiger partial charge >= 0.3 is 0 Å². The van der Waals surface area contributed by atoms with Gasteiger partial charge in [0.1, 0.15) is 0 Å². The van der Waals surface area contributed by atoms with E-state index < -0.39 is 0 Å². The molecule has 116 valence electrons. The van der Waals surface area contributed by atoms with Crippen molar-refractivity contribution in [3.63, 3.8) is 0 Å². The predicted molar refractivity (Wildman–Crippen MR) is 80.3 cm³/mol. The Kier molecular flexibility index (Phi) is 5.59. The van der Waals surface area contributed by atoms with Crippen molar-refractivity contribution in [3.8, 4) is 11.5 Å². The zero-order valence-electron chi connectivity index (χ0n) is 12.8. The van der Waals surface area contributed by atoms with Crippen molar-refractivity contribution < 1.29 is 19.0 Å². The molecule has 21 heavy (non-hydrogen) atoms. The second kappa shape index (κ2) is 7.43. The maximum absolute atomic E-state index is 12.6. The van der Waals surface area contributed by atoms with Gasteiger partial charge in [0, 0.05) is 11.6 Å². The van der Waals surface area contributed by atoms with E-state index in [4.69, 9.17) is 14.2 Å². The molecule has 0 radical (unpaired) electrons. The molecule has 2 unspecified atom stereocenters. The van der Waals surface area contributed by atoms with Gasteiger partial charge in [0.25, 0.3) is 0 Å². The van der Waals surface area contributed by atoms with Crippen molar-refractivity contribution in [3.05, 3.63) is 23.8 Å².